The first-order chi connectivity index (χ1) is 11.7. The molecule has 0 saturated heterocycles. The molecule has 0 aromatic heterocycles. The van der Waals surface area contributed by atoms with Crippen molar-refractivity contribution in [1.82, 2.24) is 4.72 Å². The highest BCUT2D eigenvalue weighted by Crippen LogP contribution is 2.45. The second kappa shape index (κ2) is 7.79. The Labute approximate surface area is 150 Å². The van der Waals surface area contributed by atoms with Crippen LogP contribution in [0.3, 0.4) is 0 Å². The van der Waals surface area contributed by atoms with E-state index in [1.807, 2.05) is 19.9 Å². The highest BCUT2D eigenvalue weighted by molar-refractivity contribution is 7.89. The second-order valence-electron chi connectivity index (χ2n) is 7.18. The third-order valence-electron chi connectivity index (χ3n) is 4.47. The van der Waals surface area contributed by atoms with Crippen LogP contribution >= 0.6 is 0 Å². The monoisotopic (exact) mass is 367 g/mol. The smallest absolute Gasteiger partial charge is 0.244 e. The first kappa shape index (κ1) is 19.8. The van der Waals surface area contributed by atoms with Gasteiger partial charge < -0.3 is 10.2 Å². The fraction of sp³-hybridized carbons (Fsp3) is 0.579. The number of rotatable bonds is 6. The van der Waals surface area contributed by atoms with E-state index in [9.17, 15) is 18.6 Å². The molecule has 0 spiro atoms. The van der Waals surface area contributed by atoms with Gasteiger partial charge in [-0.2, -0.15) is 0 Å². The first-order valence-electron chi connectivity index (χ1n) is 8.94. The largest absolute Gasteiger partial charge is 0.507 e. The number of phenols is 2. The molecule has 0 radical (unpaired) electrons. The normalized spacial score (nSPS) is 18.4. The van der Waals surface area contributed by atoms with Crippen LogP contribution in [0.25, 0.3) is 0 Å². The van der Waals surface area contributed by atoms with E-state index in [0.717, 1.165) is 19.3 Å². The molecule has 0 fully saturated rings. The average molecular weight is 368 g/mol. The molecule has 0 aliphatic heterocycles. The minimum Gasteiger partial charge on any atom is -0.507 e. The molecule has 0 saturated carbocycles. The number of sulfonamides is 1. The maximum absolute atomic E-state index is 12.8. The summed E-state index contributed by atoms with van der Waals surface area (Å²) in [4.78, 5) is -0.0903. The zero-order valence-corrected chi connectivity index (χ0v) is 16.3. The molecular weight excluding hydrogens is 338 g/mol. The summed E-state index contributed by atoms with van der Waals surface area (Å²) in [5.41, 5.74) is 1.96. The van der Waals surface area contributed by atoms with Crippen molar-refractivity contribution >= 4 is 10.0 Å². The van der Waals surface area contributed by atoms with Crippen LogP contribution in [0.1, 0.15) is 70.4 Å². The summed E-state index contributed by atoms with van der Waals surface area (Å²) in [6.07, 6.45) is 5.92. The molecule has 5 nitrogen and oxygen atoms in total. The van der Waals surface area contributed by atoms with Crippen LogP contribution in [-0.2, 0) is 16.4 Å². The van der Waals surface area contributed by atoms with Gasteiger partial charge in [0.05, 0.1) is 0 Å². The van der Waals surface area contributed by atoms with E-state index in [1.54, 1.807) is 13.8 Å². The van der Waals surface area contributed by atoms with Crippen molar-refractivity contribution in [1.29, 1.82) is 0 Å². The molecule has 1 aromatic rings. The fourth-order valence-electron chi connectivity index (χ4n) is 3.53. The number of phenolic OH excluding ortho intramolecular Hbond substituents is 2. The Balaban J connectivity index is 2.68. The standard InChI is InChI=1S/C19H29NO4S/c1-5-7-15-11-16(21)17(14-9-6-8-13(4)10-14)18(22)19(15)25(23,24)20-12(2)3/h10-12,14,20-22H,5-9H2,1-4H3. The zero-order chi connectivity index (χ0) is 18.8. The van der Waals surface area contributed by atoms with E-state index in [4.69, 9.17) is 0 Å². The Morgan fingerprint density at radius 3 is 2.56 bits per heavy atom. The topological polar surface area (TPSA) is 86.6 Å². The summed E-state index contributed by atoms with van der Waals surface area (Å²) in [5, 5.41) is 21.4. The first-order valence-corrected chi connectivity index (χ1v) is 10.4. The van der Waals surface area contributed by atoms with Crippen molar-refractivity contribution in [3.05, 3.63) is 28.8 Å². The molecule has 1 aliphatic rings. The molecule has 0 heterocycles. The lowest BCUT2D eigenvalue weighted by molar-refractivity contribution is 0.415. The van der Waals surface area contributed by atoms with Crippen LogP contribution in [0.4, 0.5) is 0 Å². The Morgan fingerprint density at radius 1 is 1.32 bits per heavy atom. The summed E-state index contributed by atoms with van der Waals surface area (Å²) in [7, 11) is -3.87. The predicted octanol–water partition coefficient (Wildman–Crippen LogP) is 3.95. The number of aryl methyl sites for hydroxylation is 1. The summed E-state index contributed by atoms with van der Waals surface area (Å²) in [6.45, 7) is 7.43. The number of benzene rings is 1. The molecule has 0 bridgehead atoms. The number of aromatic hydroxyl groups is 2. The Bertz CT molecular complexity index is 766. The highest BCUT2D eigenvalue weighted by atomic mass is 32.2. The second-order valence-corrected chi connectivity index (χ2v) is 8.83. The van der Waals surface area contributed by atoms with Crippen LogP contribution in [0.15, 0.2) is 22.6 Å². The number of hydrogen-bond donors (Lipinski definition) is 3. The summed E-state index contributed by atoms with van der Waals surface area (Å²) in [5.74, 6) is -0.509. The third-order valence-corrected chi connectivity index (χ3v) is 6.25. The van der Waals surface area contributed by atoms with Gasteiger partial charge in [-0.15, -0.1) is 0 Å². The minimum absolute atomic E-state index is 0.0274. The van der Waals surface area contributed by atoms with Gasteiger partial charge in [-0.3, -0.25) is 0 Å². The Kier molecular flexibility index (Phi) is 6.16. The minimum atomic E-state index is -3.87. The van der Waals surface area contributed by atoms with Gasteiger partial charge in [0.1, 0.15) is 16.4 Å². The van der Waals surface area contributed by atoms with Crippen molar-refractivity contribution in [3.8, 4) is 11.5 Å². The fourth-order valence-corrected chi connectivity index (χ4v) is 5.14. The molecule has 1 atom stereocenters. The summed E-state index contributed by atoms with van der Waals surface area (Å²) in [6, 6.07) is 1.22. The van der Waals surface area contributed by atoms with Crippen molar-refractivity contribution < 1.29 is 18.6 Å². The Hall–Kier alpha value is -1.53. The molecule has 25 heavy (non-hydrogen) atoms. The molecule has 1 aliphatic carbocycles. The average Bonchev–Trinajstić information content (AvgIpc) is 2.45. The number of allylic oxidation sites excluding steroid dienone is 2. The van der Waals surface area contributed by atoms with E-state index in [2.05, 4.69) is 4.72 Å². The van der Waals surface area contributed by atoms with E-state index in [1.165, 1.54) is 11.6 Å². The molecular formula is C19H29NO4S. The van der Waals surface area contributed by atoms with E-state index in [0.29, 0.717) is 24.0 Å². The Morgan fingerprint density at radius 2 is 2.00 bits per heavy atom. The molecule has 2 rings (SSSR count). The summed E-state index contributed by atoms with van der Waals surface area (Å²) >= 11 is 0. The maximum atomic E-state index is 12.8. The van der Waals surface area contributed by atoms with Gasteiger partial charge in [-0.1, -0.05) is 25.0 Å². The lowest BCUT2D eigenvalue weighted by atomic mass is 9.84. The summed E-state index contributed by atoms with van der Waals surface area (Å²) < 4.78 is 28.2. The molecule has 3 N–H and O–H groups in total. The number of hydrogen-bond acceptors (Lipinski definition) is 4. The van der Waals surface area contributed by atoms with Gasteiger partial charge in [0.15, 0.2) is 0 Å². The molecule has 140 valence electrons. The van der Waals surface area contributed by atoms with Gasteiger partial charge >= 0.3 is 0 Å². The lowest BCUT2D eigenvalue weighted by Gasteiger charge is -2.24. The van der Waals surface area contributed by atoms with Gasteiger partial charge in [-0.25, -0.2) is 13.1 Å². The number of nitrogens with one attached hydrogen (secondary N) is 1. The van der Waals surface area contributed by atoms with Crippen molar-refractivity contribution in [3.63, 3.8) is 0 Å². The van der Waals surface area contributed by atoms with Gasteiger partial charge in [-0.05, 0) is 58.1 Å². The van der Waals surface area contributed by atoms with Crippen molar-refractivity contribution in [2.24, 2.45) is 0 Å². The predicted molar refractivity (Wildman–Crippen MR) is 99.6 cm³/mol. The zero-order valence-electron chi connectivity index (χ0n) is 15.5. The van der Waals surface area contributed by atoms with Crippen LogP contribution < -0.4 is 4.72 Å². The maximum Gasteiger partial charge on any atom is 0.244 e. The van der Waals surface area contributed by atoms with Gasteiger partial charge in [0, 0.05) is 17.5 Å². The molecule has 0 amide bonds. The van der Waals surface area contributed by atoms with Crippen molar-refractivity contribution in [2.45, 2.75) is 76.7 Å². The molecule has 1 aromatic carbocycles. The van der Waals surface area contributed by atoms with Crippen molar-refractivity contribution in [2.75, 3.05) is 0 Å². The van der Waals surface area contributed by atoms with Crippen LogP contribution in [0.5, 0.6) is 11.5 Å². The van der Waals surface area contributed by atoms with E-state index >= 15 is 0 Å². The lowest BCUT2D eigenvalue weighted by Crippen LogP contribution is -2.31. The quantitative estimate of drug-likeness (QED) is 0.665. The van der Waals surface area contributed by atoms with E-state index < -0.39 is 10.0 Å². The van der Waals surface area contributed by atoms with Gasteiger partial charge in [0.2, 0.25) is 10.0 Å². The van der Waals surface area contributed by atoms with Crippen LogP contribution in [0.2, 0.25) is 0 Å². The van der Waals surface area contributed by atoms with Gasteiger partial charge in [0.25, 0.3) is 0 Å². The molecule has 1 unspecified atom stereocenters. The van der Waals surface area contributed by atoms with E-state index in [-0.39, 0.29) is 28.4 Å². The van der Waals surface area contributed by atoms with Crippen LogP contribution in [-0.4, -0.2) is 24.7 Å². The SMILES string of the molecule is CCCc1cc(O)c(C2C=C(C)CCC2)c(O)c1S(=O)(=O)NC(C)C. The van der Waals surface area contributed by atoms with Crippen LogP contribution in [0, 0.1) is 0 Å². The highest BCUT2D eigenvalue weighted by Gasteiger charge is 2.30. The third kappa shape index (κ3) is 4.36. The molecule has 6 heteroatoms.